The van der Waals surface area contributed by atoms with E-state index >= 15 is 0 Å². The van der Waals surface area contributed by atoms with Gasteiger partial charge in [0.2, 0.25) is 0 Å². The standard InChI is InChI=1S/C7H10N2O2S/c1-5-7(12-3-9-5)6(8)2-11-4-10/h3-4,6H,2,8H2,1H3. The molecular weight excluding hydrogens is 176 g/mol. The van der Waals surface area contributed by atoms with Gasteiger partial charge in [0.25, 0.3) is 6.47 Å². The van der Waals surface area contributed by atoms with Crippen molar-refractivity contribution in [1.29, 1.82) is 0 Å². The van der Waals surface area contributed by atoms with Crippen LogP contribution in [0.1, 0.15) is 16.6 Å². The number of ether oxygens (including phenoxy) is 1. The van der Waals surface area contributed by atoms with Gasteiger partial charge in [-0.1, -0.05) is 0 Å². The number of nitrogens with two attached hydrogens (primary N) is 1. The number of aromatic nitrogens is 1. The molecule has 0 bridgehead atoms. The van der Waals surface area contributed by atoms with Crippen LogP contribution < -0.4 is 5.73 Å². The second-order valence-corrected chi connectivity index (χ2v) is 3.22. The fourth-order valence-corrected chi connectivity index (χ4v) is 1.68. The molecule has 12 heavy (non-hydrogen) atoms. The molecule has 0 amide bonds. The molecule has 1 heterocycles. The van der Waals surface area contributed by atoms with Crippen molar-refractivity contribution in [3.05, 3.63) is 16.1 Å². The number of nitrogens with zero attached hydrogens (tertiary/aromatic N) is 1. The molecule has 2 N–H and O–H groups in total. The fourth-order valence-electron chi connectivity index (χ4n) is 0.885. The lowest BCUT2D eigenvalue weighted by Crippen LogP contribution is -2.16. The molecule has 5 heteroatoms. The summed E-state index contributed by atoms with van der Waals surface area (Å²) in [5, 5.41) is 0. The van der Waals surface area contributed by atoms with E-state index in [1.165, 1.54) is 11.3 Å². The molecule has 0 aromatic carbocycles. The molecule has 0 radical (unpaired) electrons. The summed E-state index contributed by atoms with van der Waals surface area (Å²) < 4.78 is 4.55. The van der Waals surface area contributed by atoms with Crippen molar-refractivity contribution >= 4 is 17.8 Å². The van der Waals surface area contributed by atoms with Crippen LogP contribution in [0.2, 0.25) is 0 Å². The second-order valence-electron chi connectivity index (χ2n) is 2.34. The highest BCUT2D eigenvalue weighted by Gasteiger charge is 2.11. The molecule has 0 fully saturated rings. The van der Waals surface area contributed by atoms with Crippen LogP contribution in [0.15, 0.2) is 5.51 Å². The molecule has 1 atom stereocenters. The van der Waals surface area contributed by atoms with Crippen molar-refractivity contribution in [2.45, 2.75) is 13.0 Å². The van der Waals surface area contributed by atoms with Crippen LogP contribution in [0.4, 0.5) is 0 Å². The molecular formula is C7H10N2O2S. The van der Waals surface area contributed by atoms with Crippen LogP contribution in [0.5, 0.6) is 0 Å². The highest BCUT2D eigenvalue weighted by molar-refractivity contribution is 7.09. The Balaban J connectivity index is 2.58. The number of aryl methyl sites for hydroxylation is 1. The molecule has 1 unspecified atom stereocenters. The van der Waals surface area contributed by atoms with Gasteiger partial charge in [0, 0.05) is 4.88 Å². The van der Waals surface area contributed by atoms with Gasteiger partial charge in [0.15, 0.2) is 0 Å². The number of carbonyl (C=O) groups excluding carboxylic acids is 1. The van der Waals surface area contributed by atoms with E-state index in [2.05, 4.69) is 9.72 Å². The van der Waals surface area contributed by atoms with E-state index in [0.29, 0.717) is 6.47 Å². The Morgan fingerprint density at radius 3 is 3.17 bits per heavy atom. The molecule has 4 nitrogen and oxygen atoms in total. The predicted molar refractivity (Wildman–Crippen MR) is 45.8 cm³/mol. The van der Waals surface area contributed by atoms with Gasteiger partial charge in [-0.05, 0) is 6.92 Å². The van der Waals surface area contributed by atoms with Crippen molar-refractivity contribution in [2.75, 3.05) is 6.61 Å². The van der Waals surface area contributed by atoms with Gasteiger partial charge in [-0.3, -0.25) is 4.79 Å². The van der Waals surface area contributed by atoms with Crippen molar-refractivity contribution in [3.8, 4) is 0 Å². The Hall–Kier alpha value is -0.940. The zero-order valence-corrected chi connectivity index (χ0v) is 7.50. The molecule has 66 valence electrons. The number of hydrogen-bond donors (Lipinski definition) is 1. The lowest BCUT2D eigenvalue weighted by Gasteiger charge is -2.07. The summed E-state index contributed by atoms with van der Waals surface area (Å²) in [6, 6.07) is -0.248. The number of rotatable bonds is 4. The molecule has 0 aliphatic rings. The zero-order valence-electron chi connectivity index (χ0n) is 6.69. The summed E-state index contributed by atoms with van der Waals surface area (Å²) in [6.45, 7) is 2.50. The molecule has 0 spiro atoms. The molecule has 1 aromatic heterocycles. The van der Waals surface area contributed by atoms with Crippen LogP contribution in [-0.2, 0) is 9.53 Å². The number of hydrogen-bond acceptors (Lipinski definition) is 5. The van der Waals surface area contributed by atoms with Gasteiger partial charge < -0.3 is 10.5 Å². The third-order valence-corrected chi connectivity index (χ3v) is 2.53. The van der Waals surface area contributed by atoms with Crippen LogP contribution in [-0.4, -0.2) is 18.1 Å². The molecule has 0 saturated carbocycles. The molecule has 0 saturated heterocycles. The topological polar surface area (TPSA) is 65.2 Å². The minimum absolute atomic E-state index is 0.215. The van der Waals surface area contributed by atoms with Crippen LogP contribution >= 0.6 is 11.3 Å². The van der Waals surface area contributed by atoms with E-state index in [1.807, 2.05) is 6.92 Å². The summed E-state index contributed by atoms with van der Waals surface area (Å²) >= 11 is 1.48. The third kappa shape index (κ3) is 2.02. The molecule has 0 aliphatic heterocycles. The van der Waals surface area contributed by atoms with Gasteiger partial charge in [-0.25, -0.2) is 4.98 Å². The zero-order chi connectivity index (χ0) is 8.97. The van der Waals surface area contributed by atoms with Gasteiger partial charge in [-0.2, -0.15) is 0 Å². The predicted octanol–water partition coefficient (Wildman–Crippen LogP) is 0.624. The second kappa shape index (κ2) is 4.18. The SMILES string of the molecule is Cc1ncsc1C(N)COC=O. The van der Waals surface area contributed by atoms with Gasteiger partial charge in [0.1, 0.15) is 6.61 Å². The maximum absolute atomic E-state index is 9.87. The van der Waals surface area contributed by atoms with Crippen molar-refractivity contribution < 1.29 is 9.53 Å². The summed E-state index contributed by atoms with van der Waals surface area (Å²) in [5.41, 5.74) is 8.35. The fraction of sp³-hybridized carbons (Fsp3) is 0.429. The first kappa shape index (κ1) is 9.15. The van der Waals surface area contributed by atoms with Crippen LogP contribution in [0.3, 0.4) is 0 Å². The first-order valence-electron chi connectivity index (χ1n) is 3.46. The largest absolute Gasteiger partial charge is 0.466 e. The Morgan fingerprint density at radius 1 is 1.92 bits per heavy atom. The number of thiazole rings is 1. The highest BCUT2D eigenvalue weighted by atomic mass is 32.1. The molecule has 1 aromatic rings. The minimum atomic E-state index is -0.248. The monoisotopic (exact) mass is 186 g/mol. The third-order valence-electron chi connectivity index (χ3n) is 1.46. The van der Waals surface area contributed by atoms with Crippen LogP contribution in [0.25, 0.3) is 0 Å². The smallest absolute Gasteiger partial charge is 0.293 e. The van der Waals surface area contributed by atoms with Crippen molar-refractivity contribution in [1.82, 2.24) is 4.98 Å². The lowest BCUT2D eigenvalue weighted by atomic mass is 10.2. The Bertz CT molecular complexity index is 262. The van der Waals surface area contributed by atoms with E-state index in [-0.39, 0.29) is 12.6 Å². The Labute approximate surface area is 74.4 Å². The van der Waals surface area contributed by atoms with E-state index in [0.717, 1.165) is 10.6 Å². The normalized spacial score (nSPS) is 12.5. The average Bonchev–Trinajstić information content (AvgIpc) is 2.47. The van der Waals surface area contributed by atoms with E-state index in [9.17, 15) is 4.79 Å². The van der Waals surface area contributed by atoms with Gasteiger partial charge in [-0.15, -0.1) is 11.3 Å². The lowest BCUT2D eigenvalue weighted by molar-refractivity contribution is -0.129. The van der Waals surface area contributed by atoms with Crippen LogP contribution in [0, 0.1) is 6.92 Å². The first-order valence-corrected chi connectivity index (χ1v) is 4.34. The minimum Gasteiger partial charge on any atom is -0.466 e. The van der Waals surface area contributed by atoms with E-state index < -0.39 is 0 Å². The Morgan fingerprint density at radius 2 is 2.67 bits per heavy atom. The summed E-state index contributed by atoms with van der Waals surface area (Å²) in [6.07, 6.45) is 0. The summed E-state index contributed by atoms with van der Waals surface area (Å²) in [5.74, 6) is 0. The van der Waals surface area contributed by atoms with Crippen molar-refractivity contribution in [2.24, 2.45) is 5.73 Å². The number of carbonyl (C=O) groups is 1. The van der Waals surface area contributed by atoms with Crippen molar-refractivity contribution in [3.63, 3.8) is 0 Å². The molecule has 1 rings (SSSR count). The maximum atomic E-state index is 9.87. The maximum Gasteiger partial charge on any atom is 0.293 e. The van der Waals surface area contributed by atoms with Gasteiger partial charge in [0.05, 0.1) is 17.2 Å². The summed E-state index contributed by atoms with van der Waals surface area (Å²) in [4.78, 5) is 14.9. The average molecular weight is 186 g/mol. The highest BCUT2D eigenvalue weighted by Crippen LogP contribution is 2.19. The molecule has 0 aliphatic carbocycles. The Kier molecular flexibility index (Phi) is 3.19. The summed E-state index contributed by atoms with van der Waals surface area (Å²) in [7, 11) is 0. The van der Waals surface area contributed by atoms with E-state index in [4.69, 9.17) is 5.73 Å². The van der Waals surface area contributed by atoms with Gasteiger partial charge >= 0.3 is 0 Å². The quantitative estimate of drug-likeness (QED) is 0.700. The first-order chi connectivity index (χ1) is 5.75. The van der Waals surface area contributed by atoms with E-state index in [1.54, 1.807) is 5.51 Å².